The summed E-state index contributed by atoms with van der Waals surface area (Å²) in [6, 6.07) is 29.6. The molecule has 1 unspecified atom stereocenters. The van der Waals surface area contributed by atoms with Crippen LogP contribution in [0.15, 0.2) is 120 Å². The molecule has 5 aromatic rings. The van der Waals surface area contributed by atoms with Crippen LogP contribution in [0.4, 0.5) is 22.1 Å². The first-order chi connectivity index (χ1) is 27.0. The van der Waals surface area contributed by atoms with E-state index in [1.54, 1.807) is 98.8 Å². The normalized spacial score (nSPS) is 11.5. The van der Waals surface area contributed by atoms with E-state index in [4.69, 9.17) is 4.74 Å². The van der Waals surface area contributed by atoms with Gasteiger partial charge in [0.15, 0.2) is 0 Å². The molecule has 0 radical (unpaired) electrons. The fourth-order valence-corrected chi connectivity index (χ4v) is 7.48. The maximum atomic E-state index is 13.7. The van der Waals surface area contributed by atoms with Crippen LogP contribution in [-0.2, 0) is 14.3 Å². The van der Waals surface area contributed by atoms with Crippen LogP contribution in [0.3, 0.4) is 0 Å². The van der Waals surface area contributed by atoms with Gasteiger partial charge < -0.3 is 26.0 Å². The molecule has 4 amide bonds. The summed E-state index contributed by atoms with van der Waals surface area (Å²) < 4.78 is 5.27. The van der Waals surface area contributed by atoms with Gasteiger partial charge in [-0.05, 0) is 80.4 Å². The first-order valence-electron chi connectivity index (χ1n) is 17.4. The highest BCUT2D eigenvalue weighted by molar-refractivity contribution is 8.00. The molecular formula is C41H37N5O8S2. The highest BCUT2D eigenvalue weighted by atomic mass is 32.2. The van der Waals surface area contributed by atoms with Gasteiger partial charge in [-0.25, -0.2) is 4.79 Å². The number of nitrogens with zero attached hydrogens (tertiary/aromatic N) is 1. The standard InChI is InChI=1S/C41H37N5O8S2/c1-4-33(38(49)45-40-34(41(51)54-5-2)25(3)35(56-40)39(50)42-28-18-10-7-11-19-28)55-30-21-14-20-29(24-30)43-37(48)31(44-36(47)26-15-8-6-9-16-26)23-27-17-12-13-22-32(27)46(52)53/h6-24,33H,4-5H2,1-3H3,(H,42,50)(H,43,48)(H,44,47)(H,45,49)/b31-23+. The van der Waals surface area contributed by atoms with Crippen molar-refractivity contribution in [3.05, 3.63) is 152 Å². The summed E-state index contributed by atoms with van der Waals surface area (Å²) in [7, 11) is 0. The molecule has 0 aliphatic carbocycles. The number of amides is 4. The Hall–Kier alpha value is -6.58. The molecule has 1 heterocycles. The average Bonchev–Trinajstić information content (AvgIpc) is 3.52. The predicted octanol–water partition coefficient (Wildman–Crippen LogP) is 8.31. The molecule has 0 aliphatic heterocycles. The molecule has 1 aromatic heterocycles. The summed E-state index contributed by atoms with van der Waals surface area (Å²) in [6.07, 6.45) is 1.61. The molecule has 0 spiro atoms. The Morgan fingerprint density at radius 2 is 1.48 bits per heavy atom. The molecule has 4 N–H and O–H groups in total. The lowest BCUT2D eigenvalue weighted by Gasteiger charge is -2.16. The number of nitro groups is 1. The lowest BCUT2D eigenvalue weighted by Crippen LogP contribution is -2.30. The topological polar surface area (TPSA) is 186 Å². The van der Waals surface area contributed by atoms with Crippen LogP contribution in [0.5, 0.6) is 0 Å². The highest BCUT2D eigenvalue weighted by Gasteiger charge is 2.29. The molecule has 0 saturated heterocycles. The summed E-state index contributed by atoms with van der Waals surface area (Å²) in [5.74, 6) is -2.87. The smallest absolute Gasteiger partial charge is 0.341 e. The fourth-order valence-electron chi connectivity index (χ4n) is 5.37. The second-order valence-corrected chi connectivity index (χ2v) is 14.3. The van der Waals surface area contributed by atoms with Crippen LogP contribution in [-0.4, -0.2) is 46.4 Å². The Labute approximate surface area is 330 Å². The van der Waals surface area contributed by atoms with E-state index in [-0.39, 0.29) is 44.6 Å². The largest absolute Gasteiger partial charge is 0.462 e. The molecule has 0 saturated carbocycles. The molecule has 13 nitrogen and oxygen atoms in total. The Balaban J connectivity index is 1.35. The summed E-state index contributed by atoms with van der Waals surface area (Å²) >= 11 is 2.19. The van der Waals surface area contributed by atoms with Crippen molar-refractivity contribution in [1.29, 1.82) is 0 Å². The van der Waals surface area contributed by atoms with Crippen molar-refractivity contribution in [2.75, 3.05) is 22.6 Å². The van der Waals surface area contributed by atoms with Gasteiger partial charge in [0.05, 0.1) is 32.8 Å². The van der Waals surface area contributed by atoms with Gasteiger partial charge >= 0.3 is 5.97 Å². The maximum absolute atomic E-state index is 13.7. The van der Waals surface area contributed by atoms with Crippen LogP contribution in [0.2, 0.25) is 0 Å². The third kappa shape index (κ3) is 10.3. The van der Waals surface area contributed by atoms with Crippen molar-refractivity contribution in [2.24, 2.45) is 0 Å². The lowest BCUT2D eigenvalue weighted by molar-refractivity contribution is -0.385. The van der Waals surface area contributed by atoms with Crippen molar-refractivity contribution in [1.82, 2.24) is 5.32 Å². The Kier molecular flexibility index (Phi) is 13.9. The van der Waals surface area contributed by atoms with Gasteiger partial charge in [0.2, 0.25) is 5.91 Å². The molecule has 5 rings (SSSR count). The number of hydrogen-bond donors (Lipinski definition) is 4. The highest BCUT2D eigenvalue weighted by Crippen LogP contribution is 2.36. The number of rotatable bonds is 15. The van der Waals surface area contributed by atoms with Gasteiger partial charge in [-0.3, -0.25) is 29.3 Å². The van der Waals surface area contributed by atoms with E-state index in [0.717, 1.165) is 11.3 Å². The first-order valence-corrected chi connectivity index (χ1v) is 19.1. The number of carbonyl (C=O) groups is 5. The van der Waals surface area contributed by atoms with Crippen LogP contribution >= 0.6 is 23.1 Å². The first kappa shape index (κ1) is 40.6. The third-order valence-electron chi connectivity index (χ3n) is 8.10. The number of thioether (sulfide) groups is 1. The summed E-state index contributed by atoms with van der Waals surface area (Å²) in [5.41, 5.74) is 1.24. The van der Waals surface area contributed by atoms with Crippen molar-refractivity contribution < 1.29 is 33.6 Å². The van der Waals surface area contributed by atoms with Crippen molar-refractivity contribution in [3.8, 4) is 0 Å². The van der Waals surface area contributed by atoms with E-state index in [1.807, 2.05) is 13.0 Å². The summed E-state index contributed by atoms with van der Waals surface area (Å²) in [4.78, 5) is 78.8. The maximum Gasteiger partial charge on any atom is 0.341 e. The molecule has 0 bridgehead atoms. The van der Waals surface area contributed by atoms with Gasteiger partial charge in [0, 0.05) is 27.9 Å². The third-order valence-corrected chi connectivity index (χ3v) is 10.7. The van der Waals surface area contributed by atoms with E-state index in [9.17, 15) is 34.1 Å². The fraction of sp³-hybridized carbons (Fsp3) is 0.146. The monoisotopic (exact) mass is 791 g/mol. The zero-order chi connectivity index (χ0) is 40.2. The number of nitrogens with one attached hydrogen (secondary N) is 4. The van der Waals surface area contributed by atoms with Crippen LogP contribution in [0.25, 0.3) is 6.08 Å². The zero-order valence-corrected chi connectivity index (χ0v) is 32.1. The number of carbonyl (C=O) groups excluding carboxylic acids is 5. The Morgan fingerprint density at radius 1 is 0.821 bits per heavy atom. The van der Waals surface area contributed by atoms with E-state index < -0.39 is 39.8 Å². The number of benzene rings is 4. The van der Waals surface area contributed by atoms with E-state index in [0.29, 0.717) is 28.3 Å². The number of para-hydroxylation sites is 2. The molecule has 56 heavy (non-hydrogen) atoms. The van der Waals surface area contributed by atoms with Gasteiger partial charge in [0.1, 0.15) is 10.7 Å². The number of hydrogen-bond acceptors (Lipinski definition) is 10. The van der Waals surface area contributed by atoms with Crippen LogP contribution in [0, 0.1) is 17.0 Å². The number of ether oxygens (including phenoxy) is 1. The molecule has 0 aliphatic rings. The Morgan fingerprint density at radius 3 is 2.16 bits per heavy atom. The van der Waals surface area contributed by atoms with E-state index >= 15 is 0 Å². The summed E-state index contributed by atoms with van der Waals surface area (Å²) in [6.45, 7) is 5.20. The number of thiophene rings is 1. The minimum absolute atomic E-state index is 0.0935. The number of anilines is 3. The minimum Gasteiger partial charge on any atom is -0.462 e. The molecule has 286 valence electrons. The van der Waals surface area contributed by atoms with Gasteiger partial charge in [0.25, 0.3) is 23.4 Å². The van der Waals surface area contributed by atoms with Gasteiger partial charge in [-0.2, -0.15) is 0 Å². The van der Waals surface area contributed by atoms with Crippen molar-refractivity contribution >= 4 is 80.8 Å². The second kappa shape index (κ2) is 19.1. The molecular weight excluding hydrogens is 755 g/mol. The number of esters is 1. The van der Waals surface area contributed by atoms with E-state index in [2.05, 4.69) is 21.3 Å². The Bertz CT molecular complexity index is 2290. The SMILES string of the molecule is CCOC(=O)c1c(NC(=O)C(CC)Sc2cccc(NC(=O)/C(=C\c3ccccc3[N+](=O)[O-])NC(=O)c3ccccc3)c2)sc(C(=O)Nc2ccccc2)c1C. The molecule has 4 aromatic carbocycles. The van der Waals surface area contributed by atoms with E-state index in [1.165, 1.54) is 36.0 Å². The zero-order valence-electron chi connectivity index (χ0n) is 30.5. The van der Waals surface area contributed by atoms with Gasteiger partial charge in [-0.15, -0.1) is 23.1 Å². The quantitative estimate of drug-likeness (QED) is 0.0266. The van der Waals surface area contributed by atoms with Crippen molar-refractivity contribution in [3.63, 3.8) is 0 Å². The second-order valence-electron chi connectivity index (χ2n) is 12.0. The van der Waals surface area contributed by atoms with Crippen LogP contribution in [0.1, 0.15) is 61.8 Å². The van der Waals surface area contributed by atoms with Gasteiger partial charge in [-0.1, -0.05) is 61.5 Å². The average molecular weight is 792 g/mol. The molecule has 1 atom stereocenters. The predicted molar refractivity (Wildman–Crippen MR) is 218 cm³/mol. The van der Waals surface area contributed by atoms with Crippen LogP contribution < -0.4 is 21.3 Å². The summed E-state index contributed by atoms with van der Waals surface area (Å²) in [5, 5.41) is 22.2. The molecule has 15 heteroatoms. The minimum atomic E-state index is -0.744. The van der Waals surface area contributed by atoms with Crippen molar-refractivity contribution in [2.45, 2.75) is 37.3 Å². The molecule has 0 fully saturated rings. The number of nitro benzene ring substituents is 1. The lowest BCUT2D eigenvalue weighted by atomic mass is 10.1.